The maximum absolute atomic E-state index is 13.5. The van der Waals surface area contributed by atoms with Gasteiger partial charge in [-0.2, -0.15) is 0 Å². The number of nitro groups is 1. The average molecular weight is 543 g/mol. The lowest BCUT2D eigenvalue weighted by molar-refractivity contribution is -0.384. The fourth-order valence-corrected chi connectivity index (χ4v) is 4.57. The number of piperazine rings is 1. The van der Waals surface area contributed by atoms with E-state index < -0.39 is 6.04 Å². The summed E-state index contributed by atoms with van der Waals surface area (Å²) in [5.74, 6) is -0.0627. The minimum absolute atomic E-state index is 0.0627. The van der Waals surface area contributed by atoms with Crippen LogP contribution in [0.5, 0.6) is 0 Å². The van der Waals surface area contributed by atoms with Crippen molar-refractivity contribution in [3.8, 4) is 0 Å². The number of carbonyl (C=O) groups excluding carboxylic acids is 1. The Bertz CT molecular complexity index is 1220. The number of carbonyl (C=O) groups is 1. The molecule has 3 aromatic carbocycles. The minimum Gasteiger partial charge on any atom is -0.375 e. The molecule has 0 unspecified atom stereocenters. The highest BCUT2D eigenvalue weighted by Gasteiger charge is 2.29. The van der Waals surface area contributed by atoms with E-state index in [4.69, 9.17) is 27.9 Å². The molecule has 1 fully saturated rings. The number of hydrogen-bond acceptors (Lipinski definition) is 6. The number of amides is 1. The Balaban J connectivity index is 1.39. The van der Waals surface area contributed by atoms with Crippen LogP contribution in [0.1, 0.15) is 11.1 Å². The zero-order chi connectivity index (χ0) is 26.2. The quantitative estimate of drug-likeness (QED) is 0.289. The van der Waals surface area contributed by atoms with Gasteiger partial charge in [0.1, 0.15) is 11.7 Å². The normalized spacial score (nSPS) is 14.4. The van der Waals surface area contributed by atoms with Gasteiger partial charge in [-0.25, -0.2) is 0 Å². The lowest BCUT2D eigenvalue weighted by Crippen LogP contribution is -2.55. The molecular weight excluding hydrogens is 515 g/mol. The van der Waals surface area contributed by atoms with Crippen LogP contribution in [-0.2, 0) is 22.7 Å². The van der Waals surface area contributed by atoms with Gasteiger partial charge in [-0.3, -0.25) is 20.2 Å². The molecule has 1 heterocycles. The van der Waals surface area contributed by atoms with Crippen LogP contribution < -0.4 is 10.2 Å². The van der Waals surface area contributed by atoms with Gasteiger partial charge in [0.15, 0.2) is 0 Å². The molecule has 0 aliphatic carbocycles. The number of halogens is 2. The smallest absolute Gasteiger partial charge is 0.292 e. The minimum atomic E-state index is -0.555. The Morgan fingerprint density at radius 2 is 1.65 bits per heavy atom. The van der Waals surface area contributed by atoms with E-state index in [9.17, 15) is 14.9 Å². The molecular formula is C27H28Cl2N4O4. The summed E-state index contributed by atoms with van der Waals surface area (Å²) in [5, 5.41) is 15.7. The van der Waals surface area contributed by atoms with Gasteiger partial charge in [0.05, 0.1) is 28.2 Å². The maximum atomic E-state index is 13.5. The second-order valence-electron chi connectivity index (χ2n) is 8.74. The van der Waals surface area contributed by atoms with Crippen LogP contribution in [-0.4, -0.2) is 54.6 Å². The van der Waals surface area contributed by atoms with E-state index in [2.05, 4.69) is 5.32 Å². The first kappa shape index (κ1) is 26.9. The highest BCUT2D eigenvalue weighted by Crippen LogP contribution is 2.28. The van der Waals surface area contributed by atoms with Crippen LogP contribution in [0.4, 0.5) is 11.4 Å². The first-order chi connectivity index (χ1) is 17.9. The van der Waals surface area contributed by atoms with Crippen molar-refractivity contribution >= 4 is 40.5 Å². The van der Waals surface area contributed by atoms with E-state index in [0.717, 1.165) is 11.1 Å². The molecule has 0 spiro atoms. The Morgan fingerprint density at radius 1 is 0.946 bits per heavy atom. The standard InChI is InChI=1S/C27H28Cl2N4O4/c28-22-11-10-21(16-23(22)29)18-37-19-24(30-17-20-6-2-1-3-7-20)27(34)32-14-12-31(13-15-32)25-8-4-5-9-26(25)33(35)36/h1-11,16,24,30H,12-15,17-19H2/t24-/m0/s1. The fourth-order valence-electron chi connectivity index (χ4n) is 4.25. The second-order valence-corrected chi connectivity index (χ2v) is 9.56. The van der Waals surface area contributed by atoms with E-state index in [1.54, 1.807) is 35.2 Å². The van der Waals surface area contributed by atoms with Gasteiger partial charge < -0.3 is 14.5 Å². The van der Waals surface area contributed by atoms with Crippen molar-refractivity contribution in [2.75, 3.05) is 37.7 Å². The number of hydrogen-bond donors (Lipinski definition) is 1. The van der Waals surface area contributed by atoms with Crippen molar-refractivity contribution in [3.05, 3.63) is 104 Å². The van der Waals surface area contributed by atoms with E-state index in [-0.39, 0.29) is 23.1 Å². The molecule has 1 aliphatic heterocycles. The maximum Gasteiger partial charge on any atom is 0.292 e. The molecule has 1 saturated heterocycles. The Labute approximate surface area is 225 Å². The summed E-state index contributed by atoms with van der Waals surface area (Å²) in [4.78, 5) is 28.3. The number of rotatable bonds is 10. The van der Waals surface area contributed by atoms with Gasteiger partial charge in [-0.05, 0) is 29.3 Å². The van der Waals surface area contributed by atoms with E-state index >= 15 is 0 Å². The van der Waals surface area contributed by atoms with Gasteiger partial charge in [0.2, 0.25) is 5.91 Å². The highest BCUT2D eigenvalue weighted by molar-refractivity contribution is 6.42. The Hall–Kier alpha value is -3.17. The van der Waals surface area contributed by atoms with Gasteiger partial charge in [-0.1, -0.05) is 71.7 Å². The van der Waals surface area contributed by atoms with Crippen molar-refractivity contribution in [2.24, 2.45) is 0 Å². The van der Waals surface area contributed by atoms with Crippen LogP contribution in [0, 0.1) is 10.1 Å². The van der Waals surface area contributed by atoms with Gasteiger partial charge in [0.25, 0.3) is 5.69 Å². The van der Waals surface area contributed by atoms with E-state index in [1.807, 2.05) is 41.3 Å². The Kier molecular flexibility index (Phi) is 9.35. The summed E-state index contributed by atoms with van der Waals surface area (Å²) in [6.07, 6.45) is 0. The second kappa shape index (κ2) is 12.9. The monoisotopic (exact) mass is 542 g/mol. The predicted molar refractivity (Wildman–Crippen MR) is 145 cm³/mol. The summed E-state index contributed by atoms with van der Waals surface area (Å²) in [6, 6.07) is 21.3. The molecule has 1 aliphatic rings. The topological polar surface area (TPSA) is 88.0 Å². The molecule has 0 saturated carbocycles. The van der Waals surface area contributed by atoms with Crippen LogP contribution in [0.2, 0.25) is 10.0 Å². The Morgan fingerprint density at radius 3 is 2.35 bits per heavy atom. The number of nitrogens with zero attached hydrogens (tertiary/aromatic N) is 3. The van der Waals surface area contributed by atoms with E-state index in [1.165, 1.54) is 6.07 Å². The van der Waals surface area contributed by atoms with Crippen molar-refractivity contribution in [2.45, 2.75) is 19.2 Å². The first-order valence-corrected chi connectivity index (χ1v) is 12.7. The third-order valence-electron chi connectivity index (χ3n) is 6.24. The number of nitro benzene ring substituents is 1. The summed E-state index contributed by atoms with van der Waals surface area (Å²) in [5.41, 5.74) is 2.57. The molecule has 4 rings (SSSR count). The van der Waals surface area contributed by atoms with Crippen molar-refractivity contribution in [3.63, 3.8) is 0 Å². The van der Waals surface area contributed by atoms with Crippen LogP contribution in [0.25, 0.3) is 0 Å². The van der Waals surface area contributed by atoms with E-state index in [0.29, 0.717) is 55.1 Å². The number of para-hydroxylation sites is 2. The molecule has 3 aromatic rings. The van der Waals surface area contributed by atoms with Crippen LogP contribution in [0.15, 0.2) is 72.8 Å². The third kappa shape index (κ3) is 7.20. The summed E-state index contributed by atoms with van der Waals surface area (Å²) >= 11 is 12.1. The number of benzene rings is 3. The molecule has 37 heavy (non-hydrogen) atoms. The molecule has 194 valence electrons. The van der Waals surface area contributed by atoms with Crippen LogP contribution >= 0.6 is 23.2 Å². The third-order valence-corrected chi connectivity index (χ3v) is 6.98. The van der Waals surface area contributed by atoms with Crippen molar-refractivity contribution in [1.82, 2.24) is 10.2 Å². The number of ether oxygens (including phenoxy) is 1. The zero-order valence-corrected chi connectivity index (χ0v) is 21.7. The number of nitrogens with one attached hydrogen (secondary N) is 1. The average Bonchev–Trinajstić information content (AvgIpc) is 2.93. The molecule has 10 heteroatoms. The van der Waals surface area contributed by atoms with Gasteiger partial charge in [0, 0.05) is 38.8 Å². The molecule has 8 nitrogen and oxygen atoms in total. The highest BCUT2D eigenvalue weighted by atomic mass is 35.5. The van der Waals surface area contributed by atoms with Gasteiger partial charge in [-0.15, -0.1) is 0 Å². The summed E-state index contributed by atoms with van der Waals surface area (Å²) in [6.45, 7) is 2.92. The molecule has 1 amide bonds. The summed E-state index contributed by atoms with van der Waals surface area (Å²) < 4.78 is 5.91. The molecule has 0 bridgehead atoms. The fraction of sp³-hybridized carbons (Fsp3) is 0.296. The molecule has 1 atom stereocenters. The number of anilines is 1. The lowest BCUT2D eigenvalue weighted by Gasteiger charge is -2.37. The lowest BCUT2D eigenvalue weighted by atomic mass is 10.1. The van der Waals surface area contributed by atoms with Crippen LogP contribution in [0.3, 0.4) is 0 Å². The molecule has 0 aromatic heterocycles. The largest absolute Gasteiger partial charge is 0.375 e. The summed E-state index contributed by atoms with van der Waals surface area (Å²) in [7, 11) is 0. The van der Waals surface area contributed by atoms with Crippen molar-refractivity contribution < 1.29 is 14.5 Å². The van der Waals surface area contributed by atoms with Crippen molar-refractivity contribution in [1.29, 1.82) is 0 Å². The molecule has 0 radical (unpaired) electrons. The molecule has 1 N–H and O–H groups in total. The first-order valence-electron chi connectivity index (χ1n) is 12.0. The van der Waals surface area contributed by atoms with Gasteiger partial charge >= 0.3 is 0 Å². The SMILES string of the molecule is O=C([C@H](COCc1ccc(Cl)c(Cl)c1)NCc1ccccc1)N1CCN(c2ccccc2[N+](=O)[O-])CC1. The predicted octanol–water partition coefficient (Wildman–Crippen LogP) is 4.93. The zero-order valence-electron chi connectivity index (χ0n) is 20.2.